The van der Waals surface area contributed by atoms with E-state index in [4.69, 9.17) is 5.11 Å². The number of fused-ring (bicyclic) bond motifs is 1. The second-order valence-corrected chi connectivity index (χ2v) is 4.12. The molecule has 0 spiro atoms. The lowest BCUT2D eigenvalue weighted by Crippen LogP contribution is -1.96. The molecule has 1 N–H and O–H groups in total. The zero-order valence-electron chi connectivity index (χ0n) is 7.78. The van der Waals surface area contributed by atoms with E-state index in [0.717, 1.165) is 22.1 Å². The molecule has 0 fully saturated rings. The fourth-order valence-corrected chi connectivity index (χ4v) is 2.76. The molecule has 0 saturated carbocycles. The van der Waals surface area contributed by atoms with Crippen LogP contribution < -0.4 is 0 Å². The SMILES string of the molecule is CCc1c(C(=O)O)sc2ccccc12. The van der Waals surface area contributed by atoms with E-state index in [9.17, 15) is 4.79 Å². The average Bonchev–Trinajstić information content (AvgIpc) is 2.56. The number of aryl methyl sites for hydroxylation is 1. The van der Waals surface area contributed by atoms with Crippen LogP contribution in [0.25, 0.3) is 10.1 Å². The number of thiophene rings is 1. The minimum Gasteiger partial charge on any atom is -0.477 e. The molecule has 0 unspecified atom stereocenters. The van der Waals surface area contributed by atoms with E-state index in [-0.39, 0.29) is 0 Å². The van der Waals surface area contributed by atoms with Gasteiger partial charge in [-0.15, -0.1) is 11.3 Å². The van der Waals surface area contributed by atoms with Gasteiger partial charge in [0.1, 0.15) is 4.88 Å². The van der Waals surface area contributed by atoms with Crippen molar-refractivity contribution >= 4 is 27.4 Å². The van der Waals surface area contributed by atoms with Crippen molar-refractivity contribution < 1.29 is 9.90 Å². The first-order valence-corrected chi connectivity index (χ1v) is 5.29. The van der Waals surface area contributed by atoms with Crippen LogP contribution in [0.3, 0.4) is 0 Å². The fraction of sp³-hybridized carbons (Fsp3) is 0.182. The molecule has 0 bridgehead atoms. The first-order chi connectivity index (χ1) is 6.74. The summed E-state index contributed by atoms with van der Waals surface area (Å²) >= 11 is 1.36. The van der Waals surface area contributed by atoms with Crippen molar-refractivity contribution in [3.8, 4) is 0 Å². The number of carboxylic acids is 1. The molecule has 1 aromatic heterocycles. The zero-order chi connectivity index (χ0) is 10.1. The molecule has 0 aliphatic carbocycles. The molecular weight excluding hydrogens is 196 g/mol. The van der Waals surface area contributed by atoms with Gasteiger partial charge in [-0.05, 0) is 23.4 Å². The molecule has 14 heavy (non-hydrogen) atoms. The molecule has 2 aromatic rings. The van der Waals surface area contributed by atoms with Crippen LogP contribution >= 0.6 is 11.3 Å². The van der Waals surface area contributed by atoms with Crippen LogP contribution in [0.2, 0.25) is 0 Å². The maximum Gasteiger partial charge on any atom is 0.346 e. The Labute approximate surface area is 85.8 Å². The van der Waals surface area contributed by atoms with Crippen LogP contribution in [-0.2, 0) is 6.42 Å². The molecule has 0 aliphatic heterocycles. The van der Waals surface area contributed by atoms with Crippen molar-refractivity contribution in [2.24, 2.45) is 0 Å². The number of carbonyl (C=O) groups is 1. The lowest BCUT2D eigenvalue weighted by Gasteiger charge is -1.95. The highest BCUT2D eigenvalue weighted by atomic mass is 32.1. The lowest BCUT2D eigenvalue weighted by atomic mass is 10.1. The van der Waals surface area contributed by atoms with E-state index in [1.807, 2.05) is 31.2 Å². The number of hydrogen-bond acceptors (Lipinski definition) is 2. The Balaban J connectivity index is 2.78. The summed E-state index contributed by atoms with van der Waals surface area (Å²) in [5.41, 5.74) is 0.957. The average molecular weight is 206 g/mol. The summed E-state index contributed by atoms with van der Waals surface area (Å²) in [5, 5.41) is 10.1. The Hall–Kier alpha value is -1.35. The van der Waals surface area contributed by atoms with Gasteiger partial charge in [-0.2, -0.15) is 0 Å². The summed E-state index contributed by atoms with van der Waals surface area (Å²) in [7, 11) is 0. The predicted octanol–water partition coefficient (Wildman–Crippen LogP) is 3.16. The zero-order valence-corrected chi connectivity index (χ0v) is 8.60. The standard InChI is InChI=1S/C11H10O2S/c1-2-7-8-5-3-4-6-9(8)14-10(7)11(12)13/h3-6H,2H2,1H3,(H,12,13). The maximum absolute atomic E-state index is 11.0. The summed E-state index contributed by atoms with van der Waals surface area (Å²) in [4.78, 5) is 11.4. The Morgan fingerprint density at radius 1 is 1.43 bits per heavy atom. The minimum absolute atomic E-state index is 0.480. The number of hydrogen-bond donors (Lipinski definition) is 1. The monoisotopic (exact) mass is 206 g/mol. The van der Waals surface area contributed by atoms with Gasteiger partial charge in [0.2, 0.25) is 0 Å². The van der Waals surface area contributed by atoms with Crippen molar-refractivity contribution in [1.82, 2.24) is 0 Å². The van der Waals surface area contributed by atoms with Crippen LogP contribution in [0.5, 0.6) is 0 Å². The van der Waals surface area contributed by atoms with Crippen molar-refractivity contribution in [2.45, 2.75) is 13.3 Å². The van der Waals surface area contributed by atoms with E-state index >= 15 is 0 Å². The lowest BCUT2D eigenvalue weighted by molar-refractivity contribution is 0.0701. The van der Waals surface area contributed by atoms with Crippen molar-refractivity contribution in [1.29, 1.82) is 0 Å². The van der Waals surface area contributed by atoms with Crippen LogP contribution in [0.4, 0.5) is 0 Å². The number of benzene rings is 1. The van der Waals surface area contributed by atoms with Crippen LogP contribution in [0, 0.1) is 0 Å². The van der Waals surface area contributed by atoms with Gasteiger partial charge in [-0.1, -0.05) is 25.1 Å². The van der Waals surface area contributed by atoms with Gasteiger partial charge in [0, 0.05) is 4.70 Å². The third-order valence-electron chi connectivity index (χ3n) is 2.25. The summed E-state index contributed by atoms with van der Waals surface area (Å²) in [5.74, 6) is -0.817. The molecule has 3 heteroatoms. The first-order valence-electron chi connectivity index (χ1n) is 4.47. The Bertz CT molecular complexity index is 485. The molecule has 72 valence electrons. The summed E-state index contributed by atoms with van der Waals surface area (Å²) in [6.45, 7) is 1.99. The highest BCUT2D eigenvalue weighted by Crippen LogP contribution is 2.31. The highest BCUT2D eigenvalue weighted by Gasteiger charge is 2.15. The van der Waals surface area contributed by atoms with Gasteiger partial charge in [-0.25, -0.2) is 4.79 Å². The van der Waals surface area contributed by atoms with Crippen molar-refractivity contribution in [2.75, 3.05) is 0 Å². The predicted molar refractivity (Wildman–Crippen MR) is 58.2 cm³/mol. The van der Waals surface area contributed by atoms with Crippen LogP contribution in [0.1, 0.15) is 22.2 Å². The topological polar surface area (TPSA) is 37.3 Å². The molecule has 0 radical (unpaired) electrons. The number of carboxylic acid groups (broad SMARTS) is 1. The fourth-order valence-electron chi connectivity index (χ4n) is 1.62. The first kappa shape index (κ1) is 9.21. The number of aromatic carboxylic acids is 1. The number of rotatable bonds is 2. The summed E-state index contributed by atoms with van der Waals surface area (Å²) in [6, 6.07) is 7.83. The van der Waals surface area contributed by atoms with Crippen LogP contribution in [0.15, 0.2) is 24.3 Å². The third-order valence-corrected chi connectivity index (χ3v) is 3.45. The van der Waals surface area contributed by atoms with E-state index in [1.165, 1.54) is 11.3 Å². The quantitative estimate of drug-likeness (QED) is 0.819. The maximum atomic E-state index is 11.0. The van der Waals surface area contributed by atoms with E-state index in [2.05, 4.69) is 0 Å². The third kappa shape index (κ3) is 1.30. The molecular formula is C11H10O2S. The van der Waals surface area contributed by atoms with E-state index in [1.54, 1.807) is 0 Å². The normalized spacial score (nSPS) is 10.6. The van der Waals surface area contributed by atoms with Crippen molar-refractivity contribution in [3.05, 3.63) is 34.7 Å². The molecule has 2 nitrogen and oxygen atoms in total. The molecule has 0 atom stereocenters. The summed E-state index contributed by atoms with van der Waals surface area (Å²) < 4.78 is 1.06. The second kappa shape index (κ2) is 3.42. The van der Waals surface area contributed by atoms with E-state index < -0.39 is 5.97 Å². The molecule has 1 heterocycles. The van der Waals surface area contributed by atoms with Gasteiger partial charge < -0.3 is 5.11 Å². The molecule has 0 aliphatic rings. The minimum atomic E-state index is -0.817. The van der Waals surface area contributed by atoms with Gasteiger partial charge in [0.25, 0.3) is 0 Å². The van der Waals surface area contributed by atoms with Crippen molar-refractivity contribution in [3.63, 3.8) is 0 Å². The Kier molecular flexibility index (Phi) is 2.25. The molecule has 0 amide bonds. The van der Waals surface area contributed by atoms with Gasteiger partial charge in [0.15, 0.2) is 0 Å². The smallest absolute Gasteiger partial charge is 0.346 e. The van der Waals surface area contributed by atoms with Gasteiger partial charge >= 0.3 is 5.97 Å². The van der Waals surface area contributed by atoms with Crippen LogP contribution in [-0.4, -0.2) is 11.1 Å². The van der Waals surface area contributed by atoms with E-state index in [0.29, 0.717) is 4.88 Å². The molecule has 0 saturated heterocycles. The highest BCUT2D eigenvalue weighted by molar-refractivity contribution is 7.21. The van der Waals surface area contributed by atoms with Gasteiger partial charge in [-0.3, -0.25) is 0 Å². The molecule has 2 rings (SSSR count). The molecule has 1 aromatic carbocycles. The second-order valence-electron chi connectivity index (χ2n) is 3.06. The Morgan fingerprint density at radius 2 is 2.14 bits per heavy atom. The Morgan fingerprint density at radius 3 is 2.79 bits per heavy atom. The largest absolute Gasteiger partial charge is 0.477 e. The van der Waals surface area contributed by atoms with Gasteiger partial charge in [0.05, 0.1) is 0 Å². The summed E-state index contributed by atoms with van der Waals surface area (Å²) in [6.07, 6.45) is 0.769.